The number of halogens is 1. The summed E-state index contributed by atoms with van der Waals surface area (Å²) < 4.78 is 29.4. The number of carbonyl (C=O) groups is 1. The van der Waals surface area contributed by atoms with Crippen LogP contribution in [0.4, 0.5) is 0 Å². The van der Waals surface area contributed by atoms with Gasteiger partial charge in [-0.15, -0.1) is 11.6 Å². The number of sulfone groups is 1. The molecule has 23 heavy (non-hydrogen) atoms. The first-order chi connectivity index (χ1) is 11.0. The van der Waals surface area contributed by atoms with Gasteiger partial charge in [-0.25, -0.2) is 8.42 Å². The van der Waals surface area contributed by atoms with Crippen LogP contribution in [0.15, 0.2) is 46.7 Å². The van der Waals surface area contributed by atoms with Gasteiger partial charge in [-0.05, 0) is 44.2 Å². The summed E-state index contributed by atoms with van der Waals surface area (Å²) in [4.78, 5) is 11.7. The maximum atomic E-state index is 12.2. The number of hydrogen-bond donors (Lipinski definition) is 0. The molecule has 0 spiro atoms. The first kappa shape index (κ1) is 19.7. The highest BCUT2D eigenvalue weighted by atomic mass is 35.5. The normalized spacial score (nSPS) is 13.1. The Morgan fingerprint density at radius 1 is 1.26 bits per heavy atom. The lowest BCUT2D eigenvalue weighted by Gasteiger charge is -2.11. The van der Waals surface area contributed by atoms with E-state index in [9.17, 15) is 13.2 Å². The van der Waals surface area contributed by atoms with Crippen molar-refractivity contribution >= 4 is 27.4 Å². The molecule has 0 saturated heterocycles. The maximum Gasteiger partial charge on any atom is 0.305 e. The minimum atomic E-state index is -3.46. The summed E-state index contributed by atoms with van der Waals surface area (Å²) in [5.41, 5.74) is 0. The van der Waals surface area contributed by atoms with E-state index in [1.807, 2.05) is 0 Å². The van der Waals surface area contributed by atoms with Crippen LogP contribution < -0.4 is 0 Å². The van der Waals surface area contributed by atoms with Crippen molar-refractivity contribution in [3.63, 3.8) is 0 Å². The van der Waals surface area contributed by atoms with E-state index in [1.54, 1.807) is 43.3 Å². The summed E-state index contributed by atoms with van der Waals surface area (Å²) in [6.45, 7) is 2.11. The second-order valence-electron chi connectivity index (χ2n) is 5.12. The molecule has 1 aromatic rings. The molecule has 0 aliphatic carbocycles. The Bertz CT molecular complexity index is 596. The van der Waals surface area contributed by atoms with Crippen molar-refractivity contribution in [2.45, 2.75) is 37.5 Å². The molecule has 0 aromatic heterocycles. The second kappa shape index (κ2) is 10.4. The Kier molecular flexibility index (Phi) is 8.95. The van der Waals surface area contributed by atoms with Gasteiger partial charge in [0, 0.05) is 17.7 Å². The molecule has 4 nitrogen and oxygen atoms in total. The molecular weight excluding hydrogens is 336 g/mol. The fraction of sp³-hybridized carbons (Fsp3) is 0.471. The first-order valence-corrected chi connectivity index (χ1v) is 9.77. The molecule has 1 unspecified atom stereocenters. The highest BCUT2D eigenvalue weighted by molar-refractivity contribution is 7.94. The number of ether oxygens (including phenoxy) is 1. The molecule has 0 amide bonds. The number of rotatable bonds is 10. The summed E-state index contributed by atoms with van der Waals surface area (Å²) in [7, 11) is -3.46. The molecule has 0 aliphatic heterocycles. The molecular formula is C17H23ClO4S. The highest BCUT2D eigenvalue weighted by Gasteiger charge is 2.13. The molecule has 1 atom stereocenters. The predicted octanol–water partition coefficient (Wildman–Crippen LogP) is 3.95. The standard InChI is InChI=1S/C17H23ClO4S/c1-2-22-17(19)11-10-15(7-6-13-18)12-14-23(20,21)16-8-4-3-5-9-16/h3-5,8-9,12,14-15H,2,6-7,10-11,13H2,1H3/b14-12+. The maximum absolute atomic E-state index is 12.2. The van der Waals surface area contributed by atoms with Gasteiger partial charge in [0.15, 0.2) is 9.84 Å². The summed E-state index contributed by atoms with van der Waals surface area (Å²) in [6, 6.07) is 8.27. The molecule has 6 heteroatoms. The minimum Gasteiger partial charge on any atom is -0.466 e. The van der Waals surface area contributed by atoms with E-state index in [1.165, 1.54) is 5.41 Å². The zero-order valence-electron chi connectivity index (χ0n) is 13.3. The third kappa shape index (κ3) is 7.66. The first-order valence-electron chi connectivity index (χ1n) is 7.69. The van der Waals surface area contributed by atoms with Crippen LogP contribution in [-0.4, -0.2) is 26.9 Å². The summed E-state index contributed by atoms with van der Waals surface area (Å²) in [5, 5.41) is 1.23. The Hall–Kier alpha value is -1.33. The van der Waals surface area contributed by atoms with E-state index in [0.29, 0.717) is 18.9 Å². The van der Waals surface area contributed by atoms with Crippen molar-refractivity contribution in [3.05, 3.63) is 41.8 Å². The minimum absolute atomic E-state index is 0.0170. The number of allylic oxidation sites excluding steroid dienone is 1. The van der Waals surface area contributed by atoms with E-state index in [4.69, 9.17) is 16.3 Å². The average Bonchev–Trinajstić information content (AvgIpc) is 2.55. The van der Waals surface area contributed by atoms with E-state index in [-0.39, 0.29) is 23.2 Å². The molecule has 0 saturated carbocycles. The van der Waals surface area contributed by atoms with E-state index < -0.39 is 9.84 Å². The van der Waals surface area contributed by atoms with Gasteiger partial charge in [0.05, 0.1) is 11.5 Å². The molecule has 0 radical (unpaired) electrons. The van der Waals surface area contributed by atoms with Crippen molar-refractivity contribution in [1.82, 2.24) is 0 Å². The number of benzene rings is 1. The molecule has 0 N–H and O–H groups in total. The van der Waals surface area contributed by atoms with Crippen LogP contribution in [0, 0.1) is 5.92 Å². The monoisotopic (exact) mass is 358 g/mol. The van der Waals surface area contributed by atoms with Crippen LogP contribution >= 0.6 is 11.6 Å². The zero-order valence-corrected chi connectivity index (χ0v) is 14.9. The Morgan fingerprint density at radius 3 is 2.57 bits per heavy atom. The van der Waals surface area contributed by atoms with Crippen molar-refractivity contribution in [2.24, 2.45) is 5.92 Å². The van der Waals surface area contributed by atoms with Gasteiger partial charge in [-0.2, -0.15) is 0 Å². The van der Waals surface area contributed by atoms with Gasteiger partial charge in [-0.1, -0.05) is 24.3 Å². The summed E-state index contributed by atoms with van der Waals surface area (Å²) >= 11 is 5.71. The van der Waals surface area contributed by atoms with Crippen molar-refractivity contribution in [2.75, 3.05) is 12.5 Å². The second-order valence-corrected chi connectivity index (χ2v) is 7.33. The summed E-state index contributed by atoms with van der Waals surface area (Å²) in [5.74, 6) is 0.231. The van der Waals surface area contributed by atoms with Gasteiger partial charge in [0.2, 0.25) is 0 Å². The fourth-order valence-electron chi connectivity index (χ4n) is 2.12. The van der Waals surface area contributed by atoms with Crippen molar-refractivity contribution < 1.29 is 17.9 Å². The molecule has 0 bridgehead atoms. The Labute approximate surface area is 143 Å². The van der Waals surface area contributed by atoms with Gasteiger partial charge in [0.25, 0.3) is 0 Å². The van der Waals surface area contributed by atoms with Crippen LogP contribution in [-0.2, 0) is 19.4 Å². The average molecular weight is 359 g/mol. The molecule has 128 valence electrons. The molecule has 1 aromatic carbocycles. The van der Waals surface area contributed by atoms with Crippen LogP contribution in [0.1, 0.15) is 32.6 Å². The fourth-order valence-corrected chi connectivity index (χ4v) is 3.39. The molecule has 0 aliphatic rings. The predicted molar refractivity (Wildman–Crippen MR) is 92.1 cm³/mol. The number of esters is 1. The SMILES string of the molecule is CCOC(=O)CCC(/C=C/S(=O)(=O)c1ccccc1)CCCCl. The number of hydrogen-bond acceptors (Lipinski definition) is 4. The lowest BCUT2D eigenvalue weighted by Crippen LogP contribution is -2.08. The molecule has 0 heterocycles. The van der Waals surface area contributed by atoms with Crippen LogP contribution in [0.2, 0.25) is 0 Å². The molecule has 1 rings (SSSR count). The van der Waals surface area contributed by atoms with Crippen LogP contribution in [0.3, 0.4) is 0 Å². The number of carbonyl (C=O) groups excluding carboxylic acids is 1. The summed E-state index contributed by atoms with van der Waals surface area (Å²) in [6.07, 6.45) is 4.00. The third-order valence-corrected chi connectivity index (χ3v) is 5.05. The van der Waals surface area contributed by atoms with Crippen LogP contribution in [0.25, 0.3) is 0 Å². The van der Waals surface area contributed by atoms with E-state index in [0.717, 1.165) is 12.8 Å². The third-order valence-electron chi connectivity index (χ3n) is 3.33. The van der Waals surface area contributed by atoms with E-state index in [2.05, 4.69) is 0 Å². The Balaban J connectivity index is 2.73. The highest BCUT2D eigenvalue weighted by Crippen LogP contribution is 2.19. The van der Waals surface area contributed by atoms with Crippen molar-refractivity contribution in [1.29, 1.82) is 0 Å². The zero-order chi connectivity index (χ0) is 17.1. The smallest absolute Gasteiger partial charge is 0.305 e. The van der Waals surface area contributed by atoms with Crippen molar-refractivity contribution in [3.8, 4) is 0 Å². The van der Waals surface area contributed by atoms with Gasteiger partial charge < -0.3 is 4.74 Å². The van der Waals surface area contributed by atoms with Gasteiger partial charge in [0.1, 0.15) is 0 Å². The number of alkyl halides is 1. The lowest BCUT2D eigenvalue weighted by atomic mass is 9.98. The van der Waals surface area contributed by atoms with Gasteiger partial charge in [-0.3, -0.25) is 4.79 Å². The topological polar surface area (TPSA) is 60.4 Å². The van der Waals surface area contributed by atoms with Gasteiger partial charge >= 0.3 is 5.97 Å². The largest absolute Gasteiger partial charge is 0.466 e. The lowest BCUT2D eigenvalue weighted by molar-refractivity contribution is -0.143. The quantitative estimate of drug-likeness (QED) is 0.469. The Morgan fingerprint density at radius 2 is 1.96 bits per heavy atom. The van der Waals surface area contributed by atoms with Crippen LogP contribution in [0.5, 0.6) is 0 Å². The van der Waals surface area contributed by atoms with E-state index >= 15 is 0 Å². The molecule has 0 fully saturated rings.